The summed E-state index contributed by atoms with van der Waals surface area (Å²) in [5.41, 5.74) is 0.736. The fourth-order valence-electron chi connectivity index (χ4n) is 1.52. The van der Waals surface area contributed by atoms with Gasteiger partial charge in [0.25, 0.3) is 0 Å². The first-order valence-electron chi connectivity index (χ1n) is 5.67. The molecule has 1 aromatic rings. The van der Waals surface area contributed by atoms with Crippen LogP contribution in [0.4, 0.5) is 0 Å². The van der Waals surface area contributed by atoms with Crippen molar-refractivity contribution in [2.24, 2.45) is 0 Å². The zero-order valence-electron chi connectivity index (χ0n) is 9.54. The number of rotatable bonds is 7. The van der Waals surface area contributed by atoms with Crippen LogP contribution >= 0.6 is 22.9 Å². The number of carbonyl (C=O) groups is 1. The van der Waals surface area contributed by atoms with Crippen molar-refractivity contribution in [2.75, 3.05) is 0 Å². The van der Waals surface area contributed by atoms with Gasteiger partial charge in [0, 0.05) is 10.5 Å². The molecule has 16 heavy (non-hydrogen) atoms. The van der Waals surface area contributed by atoms with Gasteiger partial charge in [-0.15, -0.1) is 11.3 Å². The molecule has 0 bridgehead atoms. The Morgan fingerprint density at radius 1 is 1.44 bits per heavy atom. The zero-order chi connectivity index (χ0) is 11.8. The summed E-state index contributed by atoms with van der Waals surface area (Å²) in [7, 11) is 0. The van der Waals surface area contributed by atoms with E-state index < -0.39 is 0 Å². The van der Waals surface area contributed by atoms with E-state index in [-0.39, 0.29) is 0 Å². The minimum absolute atomic E-state index is 0.626. The standard InChI is InChI=1S/C13H17ClOS/c1-2-3-4-5-7-11(10-15)13(14)12-8-6-9-16-12/h6,8-10H,2-5,7H2,1H3. The van der Waals surface area contributed by atoms with Crippen molar-refractivity contribution < 1.29 is 4.79 Å². The third kappa shape index (κ3) is 4.11. The first-order chi connectivity index (χ1) is 7.79. The van der Waals surface area contributed by atoms with Gasteiger partial charge in [-0.25, -0.2) is 0 Å². The summed E-state index contributed by atoms with van der Waals surface area (Å²) in [5, 5.41) is 2.60. The number of thiophene rings is 1. The first-order valence-corrected chi connectivity index (χ1v) is 6.93. The molecule has 1 rings (SSSR count). The molecule has 0 amide bonds. The lowest BCUT2D eigenvalue weighted by atomic mass is 10.1. The largest absolute Gasteiger partial charge is 0.298 e. The Morgan fingerprint density at radius 3 is 2.81 bits per heavy atom. The minimum atomic E-state index is 0.626. The van der Waals surface area contributed by atoms with Gasteiger partial charge >= 0.3 is 0 Å². The third-order valence-corrected chi connectivity index (χ3v) is 3.91. The van der Waals surface area contributed by atoms with Crippen LogP contribution in [-0.4, -0.2) is 6.29 Å². The highest BCUT2D eigenvalue weighted by Gasteiger charge is 2.07. The third-order valence-electron chi connectivity index (χ3n) is 2.46. The van der Waals surface area contributed by atoms with E-state index in [0.717, 1.165) is 29.6 Å². The second-order valence-corrected chi connectivity index (χ2v) is 5.07. The van der Waals surface area contributed by atoms with Gasteiger partial charge in [0.15, 0.2) is 0 Å². The number of hydrogen-bond acceptors (Lipinski definition) is 2. The van der Waals surface area contributed by atoms with E-state index in [1.807, 2.05) is 17.5 Å². The van der Waals surface area contributed by atoms with E-state index in [0.29, 0.717) is 5.03 Å². The van der Waals surface area contributed by atoms with Gasteiger partial charge in [0.1, 0.15) is 6.29 Å². The maximum Gasteiger partial charge on any atom is 0.147 e. The molecule has 1 aromatic heterocycles. The van der Waals surface area contributed by atoms with Crippen molar-refractivity contribution in [3.63, 3.8) is 0 Å². The normalized spacial score (nSPS) is 12.4. The summed E-state index contributed by atoms with van der Waals surface area (Å²) in [6.07, 6.45) is 6.34. The molecule has 0 N–H and O–H groups in total. The predicted octanol–water partition coefficient (Wildman–Crippen LogP) is 4.87. The van der Waals surface area contributed by atoms with Crippen molar-refractivity contribution >= 4 is 34.3 Å². The van der Waals surface area contributed by atoms with Crippen molar-refractivity contribution in [3.05, 3.63) is 28.0 Å². The van der Waals surface area contributed by atoms with Crippen molar-refractivity contribution in [3.8, 4) is 0 Å². The Bertz CT molecular complexity index is 341. The number of halogens is 1. The molecule has 0 aliphatic heterocycles. The molecule has 0 fully saturated rings. The number of allylic oxidation sites excluding steroid dienone is 1. The number of aldehydes is 1. The summed E-state index contributed by atoms with van der Waals surface area (Å²) in [6.45, 7) is 2.18. The molecular weight excluding hydrogens is 240 g/mol. The number of unbranched alkanes of at least 4 members (excludes halogenated alkanes) is 3. The van der Waals surface area contributed by atoms with Crippen LogP contribution < -0.4 is 0 Å². The molecule has 3 heteroatoms. The molecule has 1 nitrogen and oxygen atoms in total. The minimum Gasteiger partial charge on any atom is -0.298 e. The Kier molecular flexibility index (Phi) is 6.43. The van der Waals surface area contributed by atoms with E-state index in [2.05, 4.69) is 6.92 Å². The molecule has 0 aromatic carbocycles. The second-order valence-electron chi connectivity index (χ2n) is 3.75. The van der Waals surface area contributed by atoms with E-state index in [4.69, 9.17) is 11.6 Å². The highest BCUT2D eigenvalue weighted by molar-refractivity contribution is 7.12. The summed E-state index contributed by atoms with van der Waals surface area (Å²) >= 11 is 7.76. The molecule has 0 aliphatic carbocycles. The summed E-state index contributed by atoms with van der Waals surface area (Å²) < 4.78 is 0. The molecule has 1 heterocycles. The first kappa shape index (κ1) is 13.5. The maximum absolute atomic E-state index is 11.0. The van der Waals surface area contributed by atoms with Crippen LogP contribution in [0.3, 0.4) is 0 Å². The van der Waals surface area contributed by atoms with E-state index in [9.17, 15) is 4.79 Å². The number of carbonyl (C=O) groups excluding carboxylic acids is 1. The lowest BCUT2D eigenvalue weighted by Crippen LogP contribution is -1.89. The Hall–Kier alpha value is -0.600. The average molecular weight is 257 g/mol. The van der Waals surface area contributed by atoms with E-state index in [1.165, 1.54) is 19.3 Å². The van der Waals surface area contributed by atoms with Crippen LogP contribution in [0, 0.1) is 0 Å². The Balaban J connectivity index is 2.58. The van der Waals surface area contributed by atoms with E-state index in [1.54, 1.807) is 11.3 Å². The van der Waals surface area contributed by atoms with Gasteiger partial charge in [-0.1, -0.05) is 43.9 Å². The maximum atomic E-state index is 11.0. The van der Waals surface area contributed by atoms with Gasteiger partial charge in [0.05, 0.1) is 5.03 Å². The number of hydrogen-bond donors (Lipinski definition) is 0. The quantitative estimate of drug-likeness (QED) is 0.387. The van der Waals surface area contributed by atoms with Gasteiger partial charge in [-0.05, 0) is 24.3 Å². The van der Waals surface area contributed by atoms with Gasteiger partial charge in [-0.2, -0.15) is 0 Å². The molecule has 0 atom stereocenters. The van der Waals surface area contributed by atoms with Crippen molar-refractivity contribution in [1.82, 2.24) is 0 Å². The summed E-state index contributed by atoms with van der Waals surface area (Å²) in [5.74, 6) is 0. The molecule has 0 unspecified atom stereocenters. The van der Waals surface area contributed by atoms with Crippen LogP contribution in [0.5, 0.6) is 0 Å². The van der Waals surface area contributed by atoms with Gasteiger partial charge in [-0.3, -0.25) is 4.79 Å². The molecule has 0 aliphatic rings. The van der Waals surface area contributed by atoms with Crippen LogP contribution in [0.1, 0.15) is 43.9 Å². The zero-order valence-corrected chi connectivity index (χ0v) is 11.1. The molecule has 0 spiro atoms. The summed E-state index contributed by atoms with van der Waals surface area (Å²) in [6, 6.07) is 3.89. The van der Waals surface area contributed by atoms with Gasteiger partial charge < -0.3 is 0 Å². The lowest BCUT2D eigenvalue weighted by molar-refractivity contribution is -0.105. The smallest absolute Gasteiger partial charge is 0.147 e. The van der Waals surface area contributed by atoms with Crippen LogP contribution in [0.2, 0.25) is 0 Å². The molecule has 0 radical (unpaired) electrons. The molecule has 0 saturated carbocycles. The topological polar surface area (TPSA) is 17.1 Å². The Morgan fingerprint density at radius 2 is 2.25 bits per heavy atom. The van der Waals surface area contributed by atoms with Crippen molar-refractivity contribution in [2.45, 2.75) is 39.0 Å². The lowest BCUT2D eigenvalue weighted by Gasteiger charge is -2.03. The Labute approximate surface area is 106 Å². The van der Waals surface area contributed by atoms with Crippen LogP contribution in [-0.2, 0) is 4.79 Å². The highest BCUT2D eigenvalue weighted by Crippen LogP contribution is 2.28. The van der Waals surface area contributed by atoms with Crippen molar-refractivity contribution in [1.29, 1.82) is 0 Å². The van der Waals surface area contributed by atoms with Crippen LogP contribution in [0.15, 0.2) is 23.1 Å². The second kappa shape index (κ2) is 7.64. The van der Waals surface area contributed by atoms with Gasteiger partial charge in [0.2, 0.25) is 0 Å². The molecule has 88 valence electrons. The average Bonchev–Trinajstić information content (AvgIpc) is 2.82. The van der Waals surface area contributed by atoms with Crippen LogP contribution in [0.25, 0.3) is 5.03 Å². The highest BCUT2D eigenvalue weighted by atomic mass is 35.5. The fourth-order valence-corrected chi connectivity index (χ4v) is 2.56. The van der Waals surface area contributed by atoms with E-state index >= 15 is 0 Å². The molecular formula is C13H17ClOS. The SMILES string of the molecule is CCCCCCC(C=O)=C(Cl)c1cccs1. The molecule has 0 saturated heterocycles. The monoisotopic (exact) mass is 256 g/mol. The predicted molar refractivity (Wildman–Crippen MR) is 71.9 cm³/mol. The summed E-state index contributed by atoms with van der Waals surface area (Å²) in [4.78, 5) is 12.0. The fraction of sp³-hybridized carbons (Fsp3) is 0.462.